The number of carboxylic acids is 1. The maximum absolute atomic E-state index is 13.0. The third kappa shape index (κ3) is 5.11. The third-order valence-electron chi connectivity index (χ3n) is 4.99. The van der Waals surface area contributed by atoms with Crippen LogP contribution in [-0.2, 0) is 24.0 Å². The quantitative estimate of drug-likeness (QED) is 0.258. The first kappa shape index (κ1) is 25.3. The van der Waals surface area contributed by atoms with Crippen molar-refractivity contribution in [1.82, 2.24) is 15.2 Å². The zero-order valence-corrected chi connectivity index (χ0v) is 20.1. The second-order valence-corrected chi connectivity index (χ2v) is 10.5. The lowest BCUT2D eigenvalue weighted by atomic mass is 10.0. The van der Waals surface area contributed by atoms with E-state index < -0.39 is 52.1 Å². The van der Waals surface area contributed by atoms with Gasteiger partial charge in [0.05, 0.1) is 0 Å². The van der Waals surface area contributed by atoms with Crippen molar-refractivity contribution >= 4 is 69.4 Å². The highest BCUT2D eigenvalue weighted by molar-refractivity contribution is 8.00. The van der Waals surface area contributed by atoms with Crippen LogP contribution in [-0.4, -0.2) is 85.3 Å². The lowest BCUT2D eigenvalue weighted by molar-refractivity contribution is -0.167. The fourth-order valence-electron chi connectivity index (χ4n) is 3.20. The first-order valence-electron chi connectivity index (χ1n) is 9.81. The standard InChI is InChI=1S/C18H16F3N5O6S3/c1-6-2-34-14-10(13(28)26(14)11(6)15(29)30)23-12(27)9(25-32-7-3-33-4-7)8-5-35-17(22-8)24-16(31)18(19,20)21/h5,7,10,14H,2-4H2,1H3,(H,23,27)(H,29,30)(H,22,24,31)/t10?,14-/m1/s1. The van der Waals surface area contributed by atoms with Crippen molar-refractivity contribution in [3.05, 3.63) is 22.3 Å². The summed E-state index contributed by atoms with van der Waals surface area (Å²) in [7, 11) is 0. The van der Waals surface area contributed by atoms with Gasteiger partial charge in [-0.1, -0.05) is 5.16 Å². The normalized spacial score (nSPS) is 22.7. The number of nitrogens with one attached hydrogen (secondary N) is 2. The number of β-lactam (4-membered cyclic amide) rings is 1. The number of amides is 3. The Morgan fingerprint density at radius 3 is 2.63 bits per heavy atom. The Morgan fingerprint density at radius 2 is 2.03 bits per heavy atom. The average molecular weight is 552 g/mol. The number of carboxylic acid groups (broad SMARTS) is 1. The molecule has 11 nitrogen and oxygen atoms in total. The van der Waals surface area contributed by atoms with Gasteiger partial charge in [0.1, 0.15) is 28.9 Å². The number of thioether (sulfide) groups is 2. The van der Waals surface area contributed by atoms with E-state index in [1.54, 1.807) is 24.0 Å². The number of carbonyl (C=O) groups is 4. The van der Waals surface area contributed by atoms with Crippen LogP contribution >= 0.6 is 34.9 Å². The van der Waals surface area contributed by atoms with E-state index in [0.717, 1.165) is 4.90 Å². The number of hydrogen-bond acceptors (Lipinski definition) is 10. The first-order valence-corrected chi connectivity index (χ1v) is 12.9. The molecule has 4 heterocycles. The molecule has 17 heteroatoms. The van der Waals surface area contributed by atoms with Gasteiger partial charge in [-0.15, -0.1) is 23.1 Å². The molecule has 3 aliphatic heterocycles. The second kappa shape index (κ2) is 9.69. The number of aliphatic carboxylic acids is 1. The average Bonchev–Trinajstić information content (AvgIpc) is 3.20. The van der Waals surface area contributed by atoms with Gasteiger partial charge in [0.2, 0.25) is 0 Å². The Kier molecular flexibility index (Phi) is 7.01. The number of carbonyl (C=O) groups excluding carboxylic acids is 3. The Hall–Kier alpha value is -2.79. The summed E-state index contributed by atoms with van der Waals surface area (Å²) in [5.74, 6) is -3.40. The molecule has 3 N–H and O–H groups in total. The highest BCUT2D eigenvalue weighted by atomic mass is 32.2. The Morgan fingerprint density at radius 1 is 1.31 bits per heavy atom. The maximum atomic E-state index is 13.0. The van der Waals surface area contributed by atoms with Crippen LogP contribution in [0, 0.1) is 0 Å². The van der Waals surface area contributed by atoms with E-state index in [1.807, 2.05) is 0 Å². The molecule has 4 rings (SSSR count). The molecule has 0 aromatic carbocycles. The smallest absolute Gasteiger partial charge is 0.471 e. The van der Waals surface area contributed by atoms with Crippen LogP contribution < -0.4 is 10.6 Å². The van der Waals surface area contributed by atoms with E-state index in [1.165, 1.54) is 17.1 Å². The minimum absolute atomic E-state index is 0.131. The van der Waals surface area contributed by atoms with Crippen LogP contribution in [0.15, 0.2) is 21.8 Å². The monoisotopic (exact) mass is 551 g/mol. The van der Waals surface area contributed by atoms with E-state index >= 15 is 0 Å². The molecule has 2 fully saturated rings. The molecular formula is C18H16F3N5O6S3. The summed E-state index contributed by atoms with van der Waals surface area (Å²) in [6, 6.07) is -1.05. The largest absolute Gasteiger partial charge is 0.477 e. The van der Waals surface area contributed by atoms with Crippen LogP contribution in [0.25, 0.3) is 0 Å². The summed E-state index contributed by atoms with van der Waals surface area (Å²) >= 11 is 3.50. The minimum atomic E-state index is -5.12. The Balaban J connectivity index is 1.51. The number of halogens is 3. The molecule has 1 aromatic heterocycles. The molecule has 0 bridgehead atoms. The summed E-state index contributed by atoms with van der Waals surface area (Å²) in [5.41, 5.74) is -0.183. The molecule has 188 valence electrons. The third-order valence-corrected chi connectivity index (χ3v) is 8.39. The second-order valence-electron chi connectivity index (χ2n) is 7.49. The molecule has 1 unspecified atom stereocenters. The molecule has 2 saturated heterocycles. The highest BCUT2D eigenvalue weighted by Gasteiger charge is 2.54. The number of rotatable bonds is 7. The zero-order valence-electron chi connectivity index (χ0n) is 17.6. The number of aromatic nitrogens is 1. The lowest BCUT2D eigenvalue weighted by Gasteiger charge is -2.49. The molecule has 3 amide bonds. The number of nitrogens with zero attached hydrogens (tertiary/aromatic N) is 3. The van der Waals surface area contributed by atoms with Gasteiger partial charge >= 0.3 is 18.1 Å². The number of oxime groups is 1. The predicted octanol–water partition coefficient (Wildman–Crippen LogP) is 1.24. The van der Waals surface area contributed by atoms with Crippen LogP contribution in [0.1, 0.15) is 12.6 Å². The summed E-state index contributed by atoms with van der Waals surface area (Å²) < 4.78 is 37.6. The van der Waals surface area contributed by atoms with Gasteiger partial charge in [0.25, 0.3) is 11.8 Å². The number of hydrogen-bond donors (Lipinski definition) is 3. The van der Waals surface area contributed by atoms with Crippen LogP contribution in [0.5, 0.6) is 0 Å². The molecule has 0 aliphatic carbocycles. The van der Waals surface area contributed by atoms with Crippen molar-refractivity contribution in [3.8, 4) is 0 Å². The van der Waals surface area contributed by atoms with Gasteiger partial charge < -0.3 is 15.3 Å². The lowest BCUT2D eigenvalue weighted by Crippen LogP contribution is -2.71. The van der Waals surface area contributed by atoms with Gasteiger partial charge in [-0.25, -0.2) is 9.78 Å². The van der Waals surface area contributed by atoms with Crippen LogP contribution in [0.4, 0.5) is 18.3 Å². The topological polar surface area (TPSA) is 150 Å². The van der Waals surface area contributed by atoms with Gasteiger partial charge in [-0.3, -0.25) is 24.6 Å². The number of fused-ring (bicyclic) bond motifs is 1. The van der Waals surface area contributed by atoms with Crippen molar-refractivity contribution in [3.63, 3.8) is 0 Å². The van der Waals surface area contributed by atoms with E-state index in [4.69, 9.17) is 4.84 Å². The number of thiazole rings is 1. The molecule has 2 atom stereocenters. The van der Waals surface area contributed by atoms with Gasteiger partial charge in [-0.05, 0) is 12.5 Å². The van der Waals surface area contributed by atoms with Crippen molar-refractivity contribution in [2.45, 2.75) is 30.6 Å². The van der Waals surface area contributed by atoms with Crippen LogP contribution in [0.3, 0.4) is 0 Å². The van der Waals surface area contributed by atoms with Crippen molar-refractivity contribution in [2.75, 3.05) is 22.6 Å². The molecule has 0 saturated carbocycles. The summed E-state index contributed by atoms with van der Waals surface area (Å²) in [6.07, 6.45) is -5.40. The number of alkyl halides is 3. The highest BCUT2D eigenvalue weighted by Crippen LogP contribution is 2.40. The first-order chi connectivity index (χ1) is 16.5. The van der Waals surface area contributed by atoms with E-state index in [0.29, 0.717) is 34.2 Å². The minimum Gasteiger partial charge on any atom is -0.477 e. The predicted molar refractivity (Wildman–Crippen MR) is 121 cm³/mol. The van der Waals surface area contributed by atoms with Gasteiger partial charge in [0.15, 0.2) is 10.8 Å². The fraction of sp³-hybridized carbons (Fsp3) is 0.444. The molecule has 0 spiro atoms. The van der Waals surface area contributed by atoms with Crippen molar-refractivity contribution in [1.29, 1.82) is 0 Å². The summed E-state index contributed by atoms with van der Waals surface area (Å²) in [6.45, 7) is 1.60. The molecule has 3 aliphatic rings. The van der Waals surface area contributed by atoms with Crippen LogP contribution in [0.2, 0.25) is 0 Å². The van der Waals surface area contributed by atoms with Crippen molar-refractivity contribution < 1.29 is 42.3 Å². The fourth-order valence-corrected chi connectivity index (χ4v) is 5.73. The Labute approximate surface area is 207 Å². The Bertz CT molecular complexity index is 1150. The van der Waals surface area contributed by atoms with E-state index in [9.17, 15) is 37.5 Å². The maximum Gasteiger partial charge on any atom is 0.471 e. The summed E-state index contributed by atoms with van der Waals surface area (Å²) in [5, 5.41) is 17.5. The van der Waals surface area contributed by atoms with Crippen molar-refractivity contribution in [2.24, 2.45) is 5.16 Å². The zero-order chi connectivity index (χ0) is 25.5. The number of anilines is 1. The molecule has 0 radical (unpaired) electrons. The molecular weight excluding hydrogens is 535 g/mol. The molecule has 35 heavy (non-hydrogen) atoms. The SMILES string of the molecule is CC1=C(C(=O)O)N2C(=O)C(NC(=O)C(=NOC3CSC3)c3csc(NC(=O)C(F)(F)F)n3)[C@H]2SC1. The summed E-state index contributed by atoms with van der Waals surface area (Å²) in [4.78, 5) is 58.6. The van der Waals surface area contributed by atoms with Gasteiger partial charge in [-0.2, -0.15) is 24.9 Å². The van der Waals surface area contributed by atoms with E-state index in [2.05, 4.69) is 15.5 Å². The molecule has 1 aromatic rings. The van der Waals surface area contributed by atoms with Gasteiger partial charge in [0, 0.05) is 22.6 Å². The van der Waals surface area contributed by atoms with E-state index in [-0.39, 0.29) is 17.5 Å².